The molecule has 0 saturated heterocycles. The molecule has 6 nitrogen and oxygen atoms in total. The highest BCUT2D eigenvalue weighted by Crippen LogP contribution is 2.27. The van der Waals surface area contributed by atoms with Crippen molar-refractivity contribution < 1.29 is 15.0 Å². The van der Waals surface area contributed by atoms with Crippen LogP contribution in [0.5, 0.6) is 0 Å². The van der Waals surface area contributed by atoms with Crippen molar-refractivity contribution in [3.05, 3.63) is 81.9 Å². The Balaban J connectivity index is 1.70. The summed E-state index contributed by atoms with van der Waals surface area (Å²) in [6.07, 6.45) is 0. The number of anilines is 1. The zero-order valence-electron chi connectivity index (χ0n) is 15.3. The third kappa shape index (κ3) is 4.12. The fraction of sp³-hybridized carbons (Fsp3) is 0.190. The maximum absolute atomic E-state index is 12.4. The van der Waals surface area contributed by atoms with E-state index in [4.69, 9.17) is 0 Å². The minimum Gasteiger partial charge on any atom is -0.332 e. The molecule has 0 radical (unpaired) electrons. The molecule has 0 saturated carbocycles. The van der Waals surface area contributed by atoms with Crippen LogP contribution in [-0.4, -0.2) is 17.4 Å². The van der Waals surface area contributed by atoms with E-state index in [0.717, 1.165) is 10.9 Å². The van der Waals surface area contributed by atoms with Gasteiger partial charge in [-0.15, -0.1) is 0 Å². The van der Waals surface area contributed by atoms with E-state index in [9.17, 15) is 14.9 Å². The van der Waals surface area contributed by atoms with Gasteiger partial charge in [0, 0.05) is 11.6 Å². The predicted molar refractivity (Wildman–Crippen MR) is 106 cm³/mol. The first-order chi connectivity index (χ1) is 13.0. The van der Waals surface area contributed by atoms with Gasteiger partial charge >= 0.3 is 0 Å². The Morgan fingerprint density at radius 1 is 1.11 bits per heavy atom. The molecule has 1 atom stereocenters. The monoisotopic (exact) mass is 364 g/mol. The lowest BCUT2D eigenvalue weighted by atomic mass is 10.00. The van der Waals surface area contributed by atoms with Gasteiger partial charge in [0.15, 0.2) is 6.54 Å². The number of nitro groups is 1. The molecule has 1 amide bonds. The van der Waals surface area contributed by atoms with Crippen molar-refractivity contribution in [3.8, 4) is 0 Å². The van der Waals surface area contributed by atoms with Crippen LogP contribution in [0.4, 0.5) is 11.4 Å². The Morgan fingerprint density at radius 3 is 2.59 bits per heavy atom. The quantitative estimate of drug-likeness (QED) is 0.519. The smallest absolute Gasteiger partial charge is 0.293 e. The summed E-state index contributed by atoms with van der Waals surface area (Å²) in [5.74, 6) is -0.264. The Morgan fingerprint density at radius 2 is 1.81 bits per heavy atom. The molecule has 0 aliphatic heterocycles. The average Bonchev–Trinajstić information content (AvgIpc) is 2.67. The van der Waals surface area contributed by atoms with Crippen molar-refractivity contribution in [2.75, 3.05) is 11.9 Å². The van der Waals surface area contributed by atoms with Gasteiger partial charge in [0.2, 0.25) is 0 Å². The molecule has 3 N–H and O–H groups in total. The molecule has 0 aliphatic carbocycles. The van der Waals surface area contributed by atoms with Crippen LogP contribution in [0, 0.1) is 17.0 Å². The topological polar surface area (TPSA) is 88.9 Å². The molecular formula is C21H22N3O3+. The van der Waals surface area contributed by atoms with Gasteiger partial charge in [0.25, 0.3) is 11.6 Å². The molecule has 3 aromatic carbocycles. The molecule has 6 heteroatoms. The summed E-state index contributed by atoms with van der Waals surface area (Å²) in [6.45, 7) is 3.96. The molecule has 3 rings (SSSR count). The molecule has 0 fully saturated rings. The maximum Gasteiger partial charge on any atom is 0.293 e. The normalized spacial score (nSPS) is 11.9. The first kappa shape index (κ1) is 18.5. The number of quaternary nitrogens is 1. The van der Waals surface area contributed by atoms with Crippen LogP contribution < -0.4 is 10.6 Å². The van der Waals surface area contributed by atoms with Crippen molar-refractivity contribution in [2.45, 2.75) is 19.9 Å². The van der Waals surface area contributed by atoms with Crippen molar-refractivity contribution in [1.29, 1.82) is 0 Å². The number of aryl methyl sites for hydroxylation is 1. The molecule has 0 bridgehead atoms. The zero-order chi connectivity index (χ0) is 19.4. The number of carbonyl (C=O) groups excluding carboxylic acids is 1. The van der Waals surface area contributed by atoms with Crippen molar-refractivity contribution >= 4 is 28.1 Å². The minimum atomic E-state index is -0.481. The number of hydrogen-bond donors (Lipinski definition) is 2. The third-order valence-electron chi connectivity index (χ3n) is 4.68. The van der Waals surface area contributed by atoms with Crippen molar-refractivity contribution in [1.82, 2.24) is 0 Å². The van der Waals surface area contributed by atoms with Crippen LogP contribution in [0.3, 0.4) is 0 Å². The van der Waals surface area contributed by atoms with E-state index in [2.05, 4.69) is 29.6 Å². The summed E-state index contributed by atoms with van der Waals surface area (Å²) >= 11 is 0. The molecule has 0 spiro atoms. The van der Waals surface area contributed by atoms with Crippen LogP contribution in [0.15, 0.2) is 60.7 Å². The first-order valence-electron chi connectivity index (χ1n) is 8.82. The lowest BCUT2D eigenvalue weighted by Crippen LogP contribution is -2.86. The highest BCUT2D eigenvalue weighted by atomic mass is 16.6. The second kappa shape index (κ2) is 7.97. The third-order valence-corrected chi connectivity index (χ3v) is 4.68. The Kier molecular flexibility index (Phi) is 5.47. The van der Waals surface area contributed by atoms with Crippen LogP contribution >= 0.6 is 0 Å². The van der Waals surface area contributed by atoms with E-state index in [0.29, 0.717) is 5.56 Å². The molecule has 27 heavy (non-hydrogen) atoms. The Hall–Kier alpha value is -3.25. The fourth-order valence-corrected chi connectivity index (χ4v) is 3.22. The molecule has 0 unspecified atom stereocenters. The van der Waals surface area contributed by atoms with E-state index in [1.807, 2.05) is 30.4 Å². The second-order valence-electron chi connectivity index (χ2n) is 6.57. The van der Waals surface area contributed by atoms with Crippen molar-refractivity contribution in [3.63, 3.8) is 0 Å². The van der Waals surface area contributed by atoms with Crippen LogP contribution in [0.2, 0.25) is 0 Å². The number of nitrogens with zero attached hydrogens (tertiary/aromatic N) is 1. The van der Waals surface area contributed by atoms with E-state index in [-0.39, 0.29) is 29.9 Å². The Bertz CT molecular complexity index is 996. The van der Waals surface area contributed by atoms with Gasteiger partial charge in [-0.25, -0.2) is 0 Å². The molecule has 0 aromatic heterocycles. The molecule has 138 valence electrons. The van der Waals surface area contributed by atoms with E-state index >= 15 is 0 Å². The summed E-state index contributed by atoms with van der Waals surface area (Å²) in [5.41, 5.74) is 1.99. The van der Waals surface area contributed by atoms with Gasteiger partial charge in [-0.1, -0.05) is 54.6 Å². The summed E-state index contributed by atoms with van der Waals surface area (Å²) in [5, 5.41) is 18.1. The lowest BCUT2D eigenvalue weighted by Gasteiger charge is -2.14. The largest absolute Gasteiger partial charge is 0.332 e. The maximum atomic E-state index is 12.4. The van der Waals surface area contributed by atoms with Gasteiger partial charge in [-0.2, -0.15) is 0 Å². The molecule has 3 aromatic rings. The zero-order valence-corrected chi connectivity index (χ0v) is 15.3. The summed E-state index contributed by atoms with van der Waals surface area (Å²) in [4.78, 5) is 23.1. The molecular weight excluding hydrogens is 342 g/mol. The number of nitro benzene ring substituents is 1. The van der Waals surface area contributed by atoms with Crippen LogP contribution in [0.1, 0.15) is 24.1 Å². The number of rotatable bonds is 6. The van der Waals surface area contributed by atoms with Gasteiger partial charge in [0.1, 0.15) is 11.7 Å². The number of amides is 1. The average molecular weight is 364 g/mol. The van der Waals surface area contributed by atoms with Gasteiger partial charge in [-0.3, -0.25) is 14.9 Å². The van der Waals surface area contributed by atoms with E-state index < -0.39 is 4.92 Å². The minimum absolute atomic E-state index is 0.0775. The fourth-order valence-electron chi connectivity index (χ4n) is 3.22. The number of fused-ring (bicyclic) bond motifs is 1. The second-order valence-corrected chi connectivity index (χ2v) is 6.57. The number of hydrogen-bond acceptors (Lipinski definition) is 3. The van der Waals surface area contributed by atoms with E-state index in [1.165, 1.54) is 11.5 Å². The lowest BCUT2D eigenvalue weighted by molar-refractivity contribution is -0.682. The predicted octanol–water partition coefficient (Wildman–Crippen LogP) is 3.32. The summed E-state index contributed by atoms with van der Waals surface area (Å²) in [6, 6.07) is 19.1. The Labute approximate surface area is 157 Å². The number of nitrogens with one attached hydrogen (secondary N) is 1. The molecule has 0 aliphatic rings. The van der Waals surface area contributed by atoms with Gasteiger partial charge in [0.05, 0.1) is 4.92 Å². The highest BCUT2D eigenvalue weighted by molar-refractivity contribution is 5.94. The van der Waals surface area contributed by atoms with Gasteiger partial charge < -0.3 is 10.6 Å². The first-order valence-corrected chi connectivity index (χ1v) is 8.82. The number of para-hydroxylation sites is 1. The molecule has 0 heterocycles. The van der Waals surface area contributed by atoms with E-state index in [1.54, 1.807) is 19.1 Å². The van der Waals surface area contributed by atoms with Gasteiger partial charge in [-0.05, 0) is 30.2 Å². The van der Waals surface area contributed by atoms with Crippen molar-refractivity contribution in [2.24, 2.45) is 0 Å². The number of nitrogens with two attached hydrogens (primary N) is 1. The van der Waals surface area contributed by atoms with Crippen LogP contribution in [-0.2, 0) is 4.79 Å². The SMILES string of the molecule is Cc1cccc([N+](=O)[O-])c1NC(=O)C[NH2+][C@@H](C)c1cccc2ccccc12. The summed E-state index contributed by atoms with van der Waals surface area (Å²) < 4.78 is 0. The standard InChI is InChI=1S/C21H21N3O3/c1-14-7-5-12-19(24(26)27)21(14)23-20(25)13-22-15(2)17-11-6-9-16-8-3-4-10-18(16)17/h3-12,15,22H,13H2,1-2H3,(H,23,25)/p+1/t15-/m0/s1. The highest BCUT2D eigenvalue weighted by Gasteiger charge is 2.19. The number of benzene rings is 3. The summed E-state index contributed by atoms with van der Waals surface area (Å²) in [7, 11) is 0. The number of carbonyl (C=O) groups is 1. The van der Waals surface area contributed by atoms with Crippen LogP contribution in [0.25, 0.3) is 10.8 Å².